The van der Waals surface area contributed by atoms with Crippen molar-refractivity contribution in [1.82, 2.24) is 20.1 Å². The lowest BCUT2D eigenvalue weighted by atomic mass is 10.1. The van der Waals surface area contributed by atoms with E-state index in [1.165, 1.54) is 12.1 Å². The normalized spacial score (nSPS) is 11.3. The zero-order valence-corrected chi connectivity index (χ0v) is 16.9. The second-order valence-corrected chi connectivity index (χ2v) is 7.19. The molecule has 0 saturated carbocycles. The predicted octanol–water partition coefficient (Wildman–Crippen LogP) is 4.94. The van der Waals surface area contributed by atoms with Crippen molar-refractivity contribution >= 4 is 5.91 Å². The molecule has 1 amide bonds. The van der Waals surface area contributed by atoms with Gasteiger partial charge >= 0.3 is 6.18 Å². The first-order valence-electron chi connectivity index (χ1n) is 9.86. The molecule has 0 aliphatic rings. The monoisotopic (exact) mass is 436 g/mol. The van der Waals surface area contributed by atoms with E-state index in [9.17, 15) is 18.0 Å². The SMILES string of the molecule is O=C(NCc1ccc(C(F)(F)F)cc1)c1cn(Cc2ccccc2)nc1-c1cccnc1. The van der Waals surface area contributed by atoms with E-state index >= 15 is 0 Å². The van der Waals surface area contributed by atoms with Crippen molar-refractivity contribution in [3.8, 4) is 11.3 Å². The van der Waals surface area contributed by atoms with Crippen molar-refractivity contribution in [2.45, 2.75) is 19.3 Å². The van der Waals surface area contributed by atoms with Gasteiger partial charge in [-0.15, -0.1) is 0 Å². The fourth-order valence-corrected chi connectivity index (χ4v) is 3.24. The maximum atomic E-state index is 12.9. The molecule has 0 atom stereocenters. The maximum Gasteiger partial charge on any atom is 0.416 e. The van der Waals surface area contributed by atoms with Crippen LogP contribution in [0.25, 0.3) is 11.3 Å². The number of hydrogen-bond donors (Lipinski definition) is 1. The minimum Gasteiger partial charge on any atom is -0.348 e. The van der Waals surface area contributed by atoms with Crippen LogP contribution in [-0.4, -0.2) is 20.7 Å². The molecule has 4 rings (SSSR count). The molecule has 0 saturated heterocycles. The molecule has 162 valence electrons. The minimum atomic E-state index is -4.40. The third-order valence-corrected chi connectivity index (χ3v) is 4.86. The first-order chi connectivity index (χ1) is 15.4. The molecule has 0 spiro atoms. The highest BCUT2D eigenvalue weighted by atomic mass is 19.4. The second kappa shape index (κ2) is 9.05. The first kappa shape index (κ1) is 21.3. The average molecular weight is 436 g/mol. The lowest BCUT2D eigenvalue weighted by Crippen LogP contribution is -2.23. The molecular weight excluding hydrogens is 417 g/mol. The summed E-state index contributed by atoms with van der Waals surface area (Å²) in [6, 6.07) is 18.0. The summed E-state index contributed by atoms with van der Waals surface area (Å²) in [6.07, 6.45) is 0.530. The number of amides is 1. The number of nitrogens with zero attached hydrogens (tertiary/aromatic N) is 3. The third-order valence-electron chi connectivity index (χ3n) is 4.86. The number of carbonyl (C=O) groups excluding carboxylic acids is 1. The van der Waals surface area contributed by atoms with Gasteiger partial charge in [0.2, 0.25) is 0 Å². The van der Waals surface area contributed by atoms with Crippen LogP contribution < -0.4 is 5.32 Å². The number of alkyl halides is 3. The van der Waals surface area contributed by atoms with Gasteiger partial charge < -0.3 is 5.32 Å². The molecule has 0 fully saturated rings. The maximum absolute atomic E-state index is 12.9. The molecule has 0 aliphatic carbocycles. The summed E-state index contributed by atoms with van der Waals surface area (Å²) >= 11 is 0. The molecule has 0 aliphatic heterocycles. The molecule has 2 aromatic heterocycles. The van der Waals surface area contributed by atoms with Gasteiger partial charge in [-0.25, -0.2) is 0 Å². The average Bonchev–Trinajstić information content (AvgIpc) is 3.22. The van der Waals surface area contributed by atoms with Crippen LogP contribution in [-0.2, 0) is 19.3 Å². The molecular formula is C24H19F3N4O. The third kappa shape index (κ3) is 5.03. The number of nitrogens with one attached hydrogen (secondary N) is 1. The van der Waals surface area contributed by atoms with Gasteiger partial charge in [0.25, 0.3) is 5.91 Å². The van der Waals surface area contributed by atoms with Crippen molar-refractivity contribution < 1.29 is 18.0 Å². The Hall–Kier alpha value is -3.94. The Morgan fingerprint density at radius 2 is 1.69 bits per heavy atom. The first-order valence-corrected chi connectivity index (χ1v) is 9.86. The summed E-state index contributed by atoms with van der Waals surface area (Å²) in [7, 11) is 0. The summed E-state index contributed by atoms with van der Waals surface area (Å²) in [5.41, 5.74) is 2.41. The van der Waals surface area contributed by atoms with E-state index in [2.05, 4.69) is 15.4 Å². The van der Waals surface area contributed by atoms with Crippen molar-refractivity contribution in [1.29, 1.82) is 0 Å². The fraction of sp³-hybridized carbons (Fsp3) is 0.125. The Morgan fingerprint density at radius 3 is 2.34 bits per heavy atom. The van der Waals surface area contributed by atoms with Crippen LogP contribution in [0.15, 0.2) is 85.3 Å². The summed E-state index contributed by atoms with van der Waals surface area (Å²) in [4.78, 5) is 17.0. The number of carbonyl (C=O) groups is 1. The van der Waals surface area contributed by atoms with E-state index in [4.69, 9.17) is 0 Å². The van der Waals surface area contributed by atoms with Crippen LogP contribution in [0.1, 0.15) is 27.0 Å². The number of benzene rings is 2. The van der Waals surface area contributed by atoms with Crippen LogP contribution in [0.4, 0.5) is 13.2 Å². The minimum absolute atomic E-state index is 0.0906. The van der Waals surface area contributed by atoms with Crippen molar-refractivity contribution in [3.05, 3.63) is 108 Å². The van der Waals surface area contributed by atoms with Gasteiger partial charge in [0, 0.05) is 30.7 Å². The molecule has 5 nitrogen and oxygen atoms in total. The zero-order valence-electron chi connectivity index (χ0n) is 16.9. The molecule has 1 N–H and O–H groups in total. The largest absolute Gasteiger partial charge is 0.416 e. The lowest BCUT2D eigenvalue weighted by Gasteiger charge is -2.09. The molecule has 8 heteroatoms. The van der Waals surface area contributed by atoms with Crippen LogP contribution in [0.5, 0.6) is 0 Å². The van der Waals surface area contributed by atoms with Gasteiger partial charge in [-0.3, -0.25) is 14.5 Å². The fourth-order valence-electron chi connectivity index (χ4n) is 3.24. The van der Waals surface area contributed by atoms with Crippen molar-refractivity contribution in [3.63, 3.8) is 0 Å². The summed E-state index contributed by atoms with van der Waals surface area (Å²) in [6.45, 7) is 0.577. The van der Waals surface area contributed by atoms with E-state index < -0.39 is 11.7 Å². The van der Waals surface area contributed by atoms with Gasteiger partial charge in [0.15, 0.2) is 0 Å². The quantitative estimate of drug-likeness (QED) is 0.466. The van der Waals surface area contributed by atoms with Gasteiger partial charge in [0.1, 0.15) is 5.69 Å². The Kier molecular flexibility index (Phi) is 6.02. The summed E-state index contributed by atoms with van der Waals surface area (Å²) < 4.78 is 39.9. The van der Waals surface area contributed by atoms with Crippen LogP contribution >= 0.6 is 0 Å². The number of rotatable bonds is 6. The Labute approximate surface area is 182 Å². The highest BCUT2D eigenvalue weighted by Crippen LogP contribution is 2.29. The number of aromatic nitrogens is 3. The highest BCUT2D eigenvalue weighted by Gasteiger charge is 2.30. The van der Waals surface area contributed by atoms with Crippen LogP contribution in [0, 0.1) is 0 Å². The van der Waals surface area contributed by atoms with E-state index in [1.807, 2.05) is 36.4 Å². The van der Waals surface area contributed by atoms with Crippen molar-refractivity contribution in [2.75, 3.05) is 0 Å². The Morgan fingerprint density at radius 1 is 0.938 bits per heavy atom. The standard InChI is InChI=1S/C24H19F3N4O/c25-24(26,27)20-10-8-17(9-11-20)13-29-23(32)21-16-31(15-18-5-2-1-3-6-18)30-22(21)19-7-4-12-28-14-19/h1-12,14,16H,13,15H2,(H,29,32). The smallest absolute Gasteiger partial charge is 0.348 e. The van der Waals surface area contributed by atoms with Gasteiger partial charge in [-0.1, -0.05) is 42.5 Å². The molecule has 32 heavy (non-hydrogen) atoms. The Balaban J connectivity index is 1.55. The van der Waals surface area contributed by atoms with Gasteiger partial charge in [-0.2, -0.15) is 18.3 Å². The Bertz CT molecular complexity index is 1190. The second-order valence-electron chi connectivity index (χ2n) is 7.19. The molecule has 0 bridgehead atoms. The number of hydrogen-bond acceptors (Lipinski definition) is 3. The number of pyridine rings is 1. The molecule has 2 aromatic carbocycles. The van der Waals surface area contributed by atoms with E-state index in [0.29, 0.717) is 28.9 Å². The zero-order chi connectivity index (χ0) is 22.6. The molecule has 0 radical (unpaired) electrons. The highest BCUT2D eigenvalue weighted by molar-refractivity contribution is 5.99. The molecule has 2 heterocycles. The summed E-state index contributed by atoms with van der Waals surface area (Å²) in [5, 5.41) is 7.35. The topological polar surface area (TPSA) is 59.8 Å². The van der Waals surface area contributed by atoms with Gasteiger partial charge in [0.05, 0.1) is 17.7 Å². The molecule has 4 aromatic rings. The lowest BCUT2D eigenvalue weighted by molar-refractivity contribution is -0.137. The molecule has 0 unspecified atom stereocenters. The van der Waals surface area contributed by atoms with Crippen LogP contribution in [0.3, 0.4) is 0 Å². The number of halogens is 3. The van der Waals surface area contributed by atoms with Crippen LogP contribution in [0.2, 0.25) is 0 Å². The van der Waals surface area contributed by atoms with E-state index in [-0.39, 0.29) is 12.5 Å². The van der Waals surface area contributed by atoms with Crippen molar-refractivity contribution in [2.24, 2.45) is 0 Å². The predicted molar refractivity (Wildman–Crippen MR) is 114 cm³/mol. The van der Waals surface area contributed by atoms with E-state index in [1.54, 1.807) is 29.3 Å². The van der Waals surface area contributed by atoms with E-state index in [0.717, 1.165) is 17.7 Å². The van der Waals surface area contributed by atoms with Gasteiger partial charge in [-0.05, 0) is 35.4 Å². The summed E-state index contributed by atoms with van der Waals surface area (Å²) in [5.74, 6) is -0.372.